The van der Waals surface area contributed by atoms with Crippen molar-refractivity contribution >= 4 is 11.8 Å². The van der Waals surface area contributed by atoms with Crippen LogP contribution >= 0.6 is 0 Å². The fraction of sp³-hybridized carbons (Fsp3) is 0.417. The first-order valence-electron chi connectivity index (χ1n) is 10.5. The van der Waals surface area contributed by atoms with Gasteiger partial charge in [0.1, 0.15) is 11.5 Å². The van der Waals surface area contributed by atoms with Gasteiger partial charge in [-0.2, -0.15) is 0 Å². The molecule has 2 amide bonds. The highest BCUT2D eigenvalue weighted by atomic mass is 16.5. The van der Waals surface area contributed by atoms with Gasteiger partial charge < -0.3 is 15.0 Å². The average Bonchev–Trinajstić information content (AvgIpc) is 2.72. The largest absolute Gasteiger partial charge is 0.457 e. The molecule has 1 fully saturated rings. The first kappa shape index (κ1) is 21.8. The number of nitrogens with zero attached hydrogens (tertiary/aromatic N) is 2. The molecule has 0 aliphatic carbocycles. The minimum absolute atomic E-state index is 0.0320. The number of para-hydroxylation sites is 1. The van der Waals surface area contributed by atoms with Crippen molar-refractivity contribution in [3.05, 3.63) is 60.2 Å². The van der Waals surface area contributed by atoms with E-state index in [1.165, 1.54) is 0 Å². The summed E-state index contributed by atoms with van der Waals surface area (Å²) in [7, 11) is 1.78. The molecule has 2 aromatic rings. The van der Waals surface area contributed by atoms with Gasteiger partial charge in [0, 0.05) is 33.2 Å². The number of benzene rings is 2. The monoisotopic (exact) mass is 409 g/mol. The number of hydrogen-bond acceptors (Lipinski definition) is 4. The SMILES string of the molecule is CC(C)CN1CCNC(=O)[C@H]1CC(=O)N(C)Cc1ccc(Oc2ccccc2)cc1. The topological polar surface area (TPSA) is 61.9 Å². The molecule has 3 rings (SSSR count). The second-order valence-electron chi connectivity index (χ2n) is 8.21. The van der Waals surface area contributed by atoms with Crippen LogP contribution in [0.1, 0.15) is 25.8 Å². The summed E-state index contributed by atoms with van der Waals surface area (Å²) in [6.45, 7) is 6.99. The van der Waals surface area contributed by atoms with Crippen LogP contribution in [0.3, 0.4) is 0 Å². The minimum atomic E-state index is -0.391. The standard InChI is InChI=1S/C24H31N3O3/c1-18(2)16-27-14-13-25-24(29)22(27)15-23(28)26(3)17-19-9-11-21(12-10-19)30-20-7-5-4-6-8-20/h4-12,18,22H,13-17H2,1-3H3,(H,25,29)/t22-/m1/s1. The van der Waals surface area contributed by atoms with E-state index in [9.17, 15) is 9.59 Å². The molecule has 6 heteroatoms. The molecule has 1 heterocycles. The third-order valence-electron chi connectivity index (χ3n) is 5.16. The molecule has 2 aromatic carbocycles. The lowest BCUT2D eigenvalue weighted by Crippen LogP contribution is -2.57. The molecule has 1 aliphatic rings. The van der Waals surface area contributed by atoms with Crippen LogP contribution in [0.4, 0.5) is 0 Å². The maximum absolute atomic E-state index is 12.8. The molecule has 0 radical (unpaired) electrons. The van der Waals surface area contributed by atoms with Crippen molar-refractivity contribution in [1.82, 2.24) is 15.1 Å². The zero-order chi connectivity index (χ0) is 21.5. The summed E-state index contributed by atoms with van der Waals surface area (Å²) in [6.07, 6.45) is 0.199. The van der Waals surface area contributed by atoms with Crippen molar-refractivity contribution in [3.63, 3.8) is 0 Å². The highest BCUT2D eigenvalue weighted by Gasteiger charge is 2.32. The maximum Gasteiger partial charge on any atom is 0.237 e. The predicted molar refractivity (Wildman–Crippen MR) is 117 cm³/mol. The maximum atomic E-state index is 12.8. The molecule has 0 unspecified atom stereocenters. The van der Waals surface area contributed by atoms with E-state index >= 15 is 0 Å². The number of rotatable bonds is 8. The second-order valence-corrected chi connectivity index (χ2v) is 8.21. The van der Waals surface area contributed by atoms with E-state index in [2.05, 4.69) is 24.1 Å². The van der Waals surface area contributed by atoms with Crippen molar-refractivity contribution < 1.29 is 14.3 Å². The van der Waals surface area contributed by atoms with Crippen molar-refractivity contribution in [2.75, 3.05) is 26.7 Å². The first-order chi connectivity index (χ1) is 14.4. The highest BCUT2D eigenvalue weighted by molar-refractivity contribution is 5.88. The van der Waals surface area contributed by atoms with E-state index in [0.717, 1.165) is 30.2 Å². The first-order valence-corrected chi connectivity index (χ1v) is 10.5. The van der Waals surface area contributed by atoms with E-state index in [1.54, 1.807) is 11.9 Å². The van der Waals surface area contributed by atoms with Crippen LogP contribution < -0.4 is 10.1 Å². The van der Waals surface area contributed by atoms with Crippen molar-refractivity contribution in [2.24, 2.45) is 5.92 Å². The molecule has 1 aliphatic heterocycles. The Balaban J connectivity index is 1.56. The Hall–Kier alpha value is -2.86. The summed E-state index contributed by atoms with van der Waals surface area (Å²) in [6, 6.07) is 17.0. The summed E-state index contributed by atoms with van der Waals surface area (Å²) in [5.41, 5.74) is 1.01. The molecule has 30 heavy (non-hydrogen) atoms. The van der Waals surface area contributed by atoms with Gasteiger partial charge in [-0.25, -0.2) is 0 Å². The van der Waals surface area contributed by atoms with E-state index in [1.807, 2.05) is 54.6 Å². The Kier molecular flexibility index (Phi) is 7.46. The predicted octanol–water partition coefficient (Wildman–Crippen LogP) is 3.28. The molecule has 0 saturated carbocycles. The Labute approximate surface area is 178 Å². The van der Waals surface area contributed by atoms with Crippen LogP contribution in [-0.2, 0) is 16.1 Å². The quantitative estimate of drug-likeness (QED) is 0.727. The molecule has 1 atom stereocenters. The minimum Gasteiger partial charge on any atom is -0.457 e. The fourth-order valence-corrected chi connectivity index (χ4v) is 3.64. The summed E-state index contributed by atoms with van der Waals surface area (Å²) >= 11 is 0. The third kappa shape index (κ3) is 6.07. The Morgan fingerprint density at radius 3 is 2.47 bits per heavy atom. The molecule has 0 bridgehead atoms. The number of ether oxygens (including phenoxy) is 1. The lowest BCUT2D eigenvalue weighted by molar-refractivity contribution is -0.138. The van der Waals surface area contributed by atoms with E-state index < -0.39 is 6.04 Å². The van der Waals surface area contributed by atoms with Gasteiger partial charge in [-0.15, -0.1) is 0 Å². The van der Waals surface area contributed by atoms with Gasteiger partial charge in [0.15, 0.2) is 0 Å². The van der Waals surface area contributed by atoms with Crippen LogP contribution in [-0.4, -0.2) is 54.3 Å². The van der Waals surface area contributed by atoms with Crippen LogP contribution in [0.25, 0.3) is 0 Å². The Bertz CT molecular complexity index is 837. The number of piperazine rings is 1. The van der Waals surface area contributed by atoms with E-state index in [0.29, 0.717) is 19.0 Å². The van der Waals surface area contributed by atoms with Gasteiger partial charge >= 0.3 is 0 Å². The van der Waals surface area contributed by atoms with Crippen LogP contribution in [0.15, 0.2) is 54.6 Å². The molecule has 0 aromatic heterocycles. The molecule has 6 nitrogen and oxygen atoms in total. The number of hydrogen-bond donors (Lipinski definition) is 1. The highest BCUT2D eigenvalue weighted by Crippen LogP contribution is 2.22. The van der Waals surface area contributed by atoms with Crippen molar-refractivity contribution in [2.45, 2.75) is 32.9 Å². The number of amides is 2. The normalized spacial score (nSPS) is 16.9. The van der Waals surface area contributed by atoms with E-state index in [4.69, 9.17) is 4.74 Å². The zero-order valence-corrected chi connectivity index (χ0v) is 18.0. The number of nitrogens with one attached hydrogen (secondary N) is 1. The molecule has 1 N–H and O–H groups in total. The van der Waals surface area contributed by atoms with Gasteiger partial charge in [-0.3, -0.25) is 14.5 Å². The van der Waals surface area contributed by atoms with E-state index in [-0.39, 0.29) is 18.2 Å². The smallest absolute Gasteiger partial charge is 0.237 e. The van der Waals surface area contributed by atoms with Gasteiger partial charge in [-0.1, -0.05) is 44.2 Å². The van der Waals surface area contributed by atoms with Gasteiger partial charge in [-0.05, 0) is 35.7 Å². The Morgan fingerprint density at radius 2 is 1.80 bits per heavy atom. The van der Waals surface area contributed by atoms with Gasteiger partial charge in [0.05, 0.1) is 12.5 Å². The lowest BCUT2D eigenvalue weighted by Gasteiger charge is -2.36. The number of carbonyl (C=O) groups is 2. The van der Waals surface area contributed by atoms with Crippen molar-refractivity contribution in [1.29, 1.82) is 0 Å². The van der Waals surface area contributed by atoms with Crippen LogP contribution in [0.5, 0.6) is 11.5 Å². The second kappa shape index (κ2) is 10.3. The Morgan fingerprint density at radius 1 is 1.13 bits per heavy atom. The average molecular weight is 410 g/mol. The summed E-state index contributed by atoms with van der Waals surface area (Å²) in [5.74, 6) is 1.90. The lowest BCUT2D eigenvalue weighted by atomic mass is 10.1. The third-order valence-corrected chi connectivity index (χ3v) is 5.16. The summed E-state index contributed by atoms with van der Waals surface area (Å²) in [5, 5.41) is 2.89. The van der Waals surface area contributed by atoms with Crippen molar-refractivity contribution in [3.8, 4) is 11.5 Å². The summed E-state index contributed by atoms with van der Waals surface area (Å²) < 4.78 is 5.81. The molecular formula is C24H31N3O3. The number of carbonyl (C=O) groups excluding carboxylic acids is 2. The molecule has 1 saturated heterocycles. The zero-order valence-electron chi connectivity index (χ0n) is 18.0. The molecule has 160 valence electrons. The van der Waals surface area contributed by atoms with Crippen LogP contribution in [0, 0.1) is 5.92 Å². The molecular weight excluding hydrogens is 378 g/mol. The van der Waals surface area contributed by atoms with Crippen LogP contribution in [0.2, 0.25) is 0 Å². The summed E-state index contributed by atoms with van der Waals surface area (Å²) in [4.78, 5) is 29.0. The molecule has 0 spiro atoms. The van der Waals surface area contributed by atoms with Gasteiger partial charge in [0.25, 0.3) is 0 Å². The fourth-order valence-electron chi connectivity index (χ4n) is 3.64. The van der Waals surface area contributed by atoms with Gasteiger partial charge in [0.2, 0.25) is 11.8 Å².